The molecule has 1 aromatic rings. The maximum Gasteiger partial charge on any atom is 0.251 e. The first-order chi connectivity index (χ1) is 6.47. The summed E-state index contributed by atoms with van der Waals surface area (Å²) in [5.41, 5.74) is 5.76. The predicted octanol–water partition coefficient (Wildman–Crippen LogP) is 0.419. The van der Waals surface area contributed by atoms with Gasteiger partial charge < -0.3 is 5.73 Å². The van der Waals surface area contributed by atoms with Gasteiger partial charge in [-0.3, -0.25) is 0 Å². The van der Waals surface area contributed by atoms with Crippen molar-refractivity contribution in [1.29, 1.82) is 0 Å². The molecule has 0 atom stereocenters. The minimum absolute atomic E-state index is 0. The van der Waals surface area contributed by atoms with Gasteiger partial charge in [-0.2, -0.15) is 0 Å². The topological polar surface area (TPSA) is 85.1 Å². The standard InChI is InChI=1S/C7H13N3O2S2.ClH/c1-5-7(13-6(2)10-5)14(11,12)9-4-3-8;/h9H,3-4,8H2,1-2H3;1H. The molecule has 0 bridgehead atoms. The summed E-state index contributed by atoms with van der Waals surface area (Å²) in [5.74, 6) is 0. The number of aromatic nitrogens is 1. The molecule has 0 spiro atoms. The van der Waals surface area contributed by atoms with Crippen LogP contribution in [-0.4, -0.2) is 26.5 Å². The van der Waals surface area contributed by atoms with Crippen LogP contribution in [0.5, 0.6) is 0 Å². The molecule has 0 aliphatic carbocycles. The fourth-order valence-corrected chi connectivity index (χ4v) is 3.59. The summed E-state index contributed by atoms with van der Waals surface area (Å²) in [4.78, 5) is 4.05. The van der Waals surface area contributed by atoms with Crippen LogP contribution in [-0.2, 0) is 10.0 Å². The lowest BCUT2D eigenvalue weighted by Crippen LogP contribution is -2.29. The van der Waals surface area contributed by atoms with E-state index in [1.54, 1.807) is 13.8 Å². The molecule has 0 aliphatic heterocycles. The minimum Gasteiger partial charge on any atom is -0.329 e. The highest BCUT2D eigenvalue weighted by Gasteiger charge is 2.19. The van der Waals surface area contributed by atoms with Crippen LogP contribution >= 0.6 is 23.7 Å². The normalized spacial score (nSPS) is 11.1. The van der Waals surface area contributed by atoms with Gasteiger partial charge in [0, 0.05) is 13.1 Å². The van der Waals surface area contributed by atoms with Crippen LogP contribution in [0.1, 0.15) is 10.7 Å². The van der Waals surface area contributed by atoms with E-state index in [2.05, 4.69) is 9.71 Å². The summed E-state index contributed by atoms with van der Waals surface area (Å²) < 4.78 is 25.9. The summed E-state index contributed by atoms with van der Waals surface area (Å²) in [5, 5.41) is 0.746. The Morgan fingerprint density at radius 2 is 2.07 bits per heavy atom. The Kier molecular flexibility index (Phi) is 5.68. The van der Waals surface area contributed by atoms with Crippen molar-refractivity contribution >= 4 is 33.8 Å². The summed E-state index contributed by atoms with van der Waals surface area (Å²) >= 11 is 1.17. The van der Waals surface area contributed by atoms with Gasteiger partial charge in [0.25, 0.3) is 10.0 Å². The third-order valence-corrected chi connectivity index (χ3v) is 4.68. The molecule has 0 radical (unpaired) electrons. The Bertz CT molecular complexity index is 416. The molecule has 0 aliphatic rings. The number of halogens is 1. The third-order valence-electron chi connectivity index (χ3n) is 1.54. The maximum atomic E-state index is 11.6. The molecule has 0 saturated carbocycles. The molecule has 15 heavy (non-hydrogen) atoms. The van der Waals surface area contributed by atoms with Crippen molar-refractivity contribution in [3.8, 4) is 0 Å². The van der Waals surface area contributed by atoms with Crippen LogP contribution in [0.4, 0.5) is 0 Å². The van der Waals surface area contributed by atoms with Crippen LogP contribution in [0.3, 0.4) is 0 Å². The van der Waals surface area contributed by atoms with Crippen molar-refractivity contribution in [2.75, 3.05) is 13.1 Å². The van der Waals surface area contributed by atoms with Crippen molar-refractivity contribution in [1.82, 2.24) is 9.71 Å². The maximum absolute atomic E-state index is 11.6. The van der Waals surface area contributed by atoms with Crippen LogP contribution in [0.2, 0.25) is 0 Å². The van der Waals surface area contributed by atoms with E-state index >= 15 is 0 Å². The van der Waals surface area contributed by atoms with Gasteiger partial charge in [-0.05, 0) is 13.8 Å². The molecule has 0 unspecified atom stereocenters. The zero-order valence-electron chi connectivity index (χ0n) is 8.48. The molecule has 0 saturated heterocycles. The third kappa shape index (κ3) is 3.69. The van der Waals surface area contributed by atoms with Crippen LogP contribution in [0, 0.1) is 13.8 Å². The number of rotatable bonds is 4. The van der Waals surface area contributed by atoms with Crippen molar-refractivity contribution in [3.05, 3.63) is 10.7 Å². The number of thiazole rings is 1. The Morgan fingerprint density at radius 1 is 1.47 bits per heavy atom. The second-order valence-electron chi connectivity index (χ2n) is 2.79. The fraction of sp³-hybridized carbons (Fsp3) is 0.571. The average Bonchev–Trinajstić information content (AvgIpc) is 2.42. The monoisotopic (exact) mass is 271 g/mol. The van der Waals surface area contributed by atoms with Crippen molar-refractivity contribution < 1.29 is 8.42 Å². The Morgan fingerprint density at radius 3 is 2.47 bits per heavy atom. The van der Waals surface area contributed by atoms with Gasteiger partial charge in [-0.15, -0.1) is 23.7 Å². The molecule has 0 aromatic carbocycles. The van der Waals surface area contributed by atoms with E-state index in [-0.39, 0.29) is 29.7 Å². The van der Waals surface area contributed by atoms with Gasteiger partial charge in [0.1, 0.15) is 0 Å². The van der Waals surface area contributed by atoms with Gasteiger partial charge in [0.05, 0.1) is 10.7 Å². The van der Waals surface area contributed by atoms with Crippen LogP contribution < -0.4 is 10.5 Å². The lowest BCUT2D eigenvalue weighted by Gasteiger charge is -2.02. The van der Waals surface area contributed by atoms with E-state index in [0.29, 0.717) is 5.69 Å². The second kappa shape index (κ2) is 5.76. The predicted molar refractivity (Wildman–Crippen MR) is 63.1 cm³/mol. The SMILES string of the molecule is Cc1nc(C)c(S(=O)(=O)NCCN)s1.Cl. The fourth-order valence-electron chi connectivity index (χ4n) is 1.02. The molecule has 0 amide bonds. The van der Waals surface area contributed by atoms with E-state index in [1.807, 2.05) is 0 Å². The zero-order valence-corrected chi connectivity index (χ0v) is 10.9. The molecule has 0 fully saturated rings. The molecule has 1 aromatic heterocycles. The number of nitrogens with one attached hydrogen (secondary N) is 1. The number of hydrogen-bond donors (Lipinski definition) is 2. The summed E-state index contributed by atoms with van der Waals surface area (Å²) in [6.45, 7) is 3.99. The van der Waals surface area contributed by atoms with Crippen LogP contribution in [0.15, 0.2) is 4.21 Å². The van der Waals surface area contributed by atoms with E-state index in [1.165, 1.54) is 11.3 Å². The van der Waals surface area contributed by atoms with E-state index in [4.69, 9.17) is 5.73 Å². The molecule has 8 heteroatoms. The minimum atomic E-state index is -3.41. The number of nitrogens with zero attached hydrogens (tertiary/aromatic N) is 1. The number of sulfonamides is 1. The average molecular weight is 272 g/mol. The van der Waals surface area contributed by atoms with Crippen molar-refractivity contribution in [2.45, 2.75) is 18.1 Å². The lowest BCUT2D eigenvalue weighted by molar-refractivity contribution is 0.583. The van der Waals surface area contributed by atoms with Gasteiger partial charge in [-0.25, -0.2) is 18.1 Å². The van der Waals surface area contributed by atoms with E-state index in [9.17, 15) is 8.42 Å². The molecular formula is C7H14ClN3O2S2. The van der Waals surface area contributed by atoms with E-state index in [0.717, 1.165) is 5.01 Å². The lowest BCUT2D eigenvalue weighted by atomic mass is 10.6. The van der Waals surface area contributed by atoms with Crippen LogP contribution in [0.25, 0.3) is 0 Å². The molecule has 1 rings (SSSR count). The summed E-state index contributed by atoms with van der Waals surface area (Å²) in [6, 6.07) is 0. The van der Waals surface area contributed by atoms with Crippen molar-refractivity contribution in [2.24, 2.45) is 5.73 Å². The molecule has 5 nitrogen and oxygen atoms in total. The first-order valence-electron chi connectivity index (χ1n) is 4.11. The molecule has 1 heterocycles. The number of nitrogens with two attached hydrogens (primary N) is 1. The highest BCUT2D eigenvalue weighted by molar-refractivity contribution is 7.91. The molecule has 88 valence electrons. The van der Waals surface area contributed by atoms with Gasteiger partial charge in [0.15, 0.2) is 4.21 Å². The first kappa shape index (κ1) is 14.8. The number of hydrogen-bond acceptors (Lipinski definition) is 5. The molecule has 3 N–H and O–H groups in total. The largest absolute Gasteiger partial charge is 0.329 e. The Hall–Kier alpha value is -0.210. The Balaban J connectivity index is 0.00000196. The first-order valence-corrected chi connectivity index (χ1v) is 6.41. The highest BCUT2D eigenvalue weighted by Crippen LogP contribution is 2.22. The van der Waals surface area contributed by atoms with Crippen molar-refractivity contribution in [3.63, 3.8) is 0 Å². The smallest absolute Gasteiger partial charge is 0.251 e. The van der Waals surface area contributed by atoms with Gasteiger partial charge in [0.2, 0.25) is 0 Å². The summed E-state index contributed by atoms with van der Waals surface area (Å²) in [6.07, 6.45) is 0. The van der Waals surface area contributed by atoms with Gasteiger partial charge in [-0.1, -0.05) is 0 Å². The highest BCUT2D eigenvalue weighted by atomic mass is 35.5. The van der Waals surface area contributed by atoms with Gasteiger partial charge >= 0.3 is 0 Å². The summed E-state index contributed by atoms with van der Waals surface area (Å²) in [7, 11) is -3.41. The zero-order chi connectivity index (χ0) is 10.8. The molecular weight excluding hydrogens is 258 g/mol. The quantitative estimate of drug-likeness (QED) is 0.831. The number of aryl methyl sites for hydroxylation is 2. The Labute approximate surface area is 99.6 Å². The van der Waals surface area contributed by atoms with E-state index < -0.39 is 10.0 Å². The second-order valence-corrected chi connectivity index (χ2v) is 5.96.